The molecule has 0 radical (unpaired) electrons. The van der Waals surface area contributed by atoms with Crippen molar-refractivity contribution in [3.8, 4) is 17.6 Å². The van der Waals surface area contributed by atoms with Crippen molar-refractivity contribution in [1.29, 1.82) is 5.26 Å². The summed E-state index contributed by atoms with van der Waals surface area (Å²) in [6.45, 7) is 1.35. The molecule has 4 heterocycles. The highest BCUT2D eigenvalue weighted by Crippen LogP contribution is 2.34. The molecule has 178 valence electrons. The third-order valence-electron chi connectivity index (χ3n) is 6.14. The predicted molar refractivity (Wildman–Crippen MR) is 137 cm³/mol. The van der Waals surface area contributed by atoms with Gasteiger partial charge in [0.25, 0.3) is 0 Å². The van der Waals surface area contributed by atoms with Gasteiger partial charge in [0.1, 0.15) is 28.9 Å². The lowest BCUT2D eigenvalue weighted by atomic mass is 10.1. The van der Waals surface area contributed by atoms with Gasteiger partial charge in [-0.3, -0.25) is 0 Å². The number of nitriles is 1. The Morgan fingerprint density at radius 3 is 2.86 bits per heavy atom. The quantitative estimate of drug-likeness (QED) is 0.363. The lowest BCUT2D eigenvalue weighted by Gasteiger charge is -2.16. The fourth-order valence-corrected chi connectivity index (χ4v) is 4.46. The first kappa shape index (κ1) is 22.0. The minimum absolute atomic E-state index is 0.0114. The van der Waals surface area contributed by atoms with Crippen molar-refractivity contribution in [1.82, 2.24) is 29.5 Å². The Kier molecular flexibility index (Phi) is 5.47. The van der Waals surface area contributed by atoms with Gasteiger partial charge in [-0.15, -0.1) is 0 Å². The fraction of sp³-hybridized carbons (Fsp3) is 0.200. The number of anilines is 3. The van der Waals surface area contributed by atoms with E-state index in [1.807, 2.05) is 40.8 Å². The molecule has 36 heavy (non-hydrogen) atoms. The second-order valence-electron chi connectivity index (χ2n) is 8.57. The van der Waals surface area contributed by atoms with E-state index < -0.39 is 0 Å². The van der Waals surface area contributed by atoms with Gasteiger partial charge in [0, 0.05) is 31.9 Å². The predicted octanol–water partition coefficient (Wildman–Crippen LogP) is 4.85. The fourth-order valence-electron chi connectivity index (χ4n) is 4.24. The molecule has 1 fully saturated rings. The molecule has 0 saturated carbocycles. The van der Waals surface area contributed by atoms with Crippen LogP contribution in [-0.2, 0) is 7.05 Å². The van der Waals surface area contributed by atoms with Gasteiger partial charge >= 0.3 is 0 Å². The lowest BCUT2D eigenvalue weighted by molar-refractivity contribution is 0.483. The van der Waals surface area contributed by atoms with Crippen molar-refractivity contribution in [2.45, 2.75) is 6.42 Å². The van der Waals surface area contributed by atoms with E-state index in [4.69, 9.17) is 21.3 Å². The second-order valence-corrected chi connectivity index (χ2v) is 8.97. The van der Waals surface area contributed by atoms with Gasteiger partial charge in [-0.2, -0.15) is 5.26 Å². The lowest BCUT2D eigenvalue weighted by Crippen LogP contribution is -2.21. The van der Waals surface area contributed by atoms with Crippen molar-refractivity contribution in [3.05, 3.63) is 60.3 Å². The third kappa shape index (κ3) is 4.10. The standard InChI is InChI=1S/C25H20ClN9O/c1-34-14-31-19-9-17(3-4-21(19)34)36-22-5-2-16(8-18(22)26)32-24-23-20(29-13-30-24)11-28-25(33-23)35-7-6-15(10-27)12-35/h2-5,8-9,11,13-15H,6-7,12H2,1H3,(H,29,30,32)/t15-/m0/s1. The molecule has 1 saturated heterocycles. The van der Waals surface area contributed by atoms with Gasteiger partial charge in [-0.1, -0.05) is 11.6 Å². The molecule has 3 aromatic heterocycles. The molecule has 2 aromatic carbocycles. The van der Waals surface area contributed by atoms with Crippen LogP contribution in [0.2, 0.25) is 5.02 Å². The number of aromatic nitrogens is 6. The largest absolute Gasteiger partial charge is 0.456 e. The molecule has 0 bridgehead atoms. The number of hydrogen-bond donors (Lipinski definition) is 1. The van der Waals surface area contributed by atoms with Gasteiger partial charge in [-0.25, -0.2) is 24.9 Å². The summed E-state index contributed by atoms with van der Waals surface area (Å²) in [6, 6.07) is 13.5. The van der Waals surface area contributed by atoms with Crippen LogP contribution in [0, 0.1) is 17.2 Å². The second kappa shape index (κ2) is 8.94. The van der Waals surface area contributed by atoms with E-state index in [0.717, 1.165) is 29.7 Å². The Morgan fingerprint density at radius 2 is 2.03 bits per heavy atom. The monoisotopic (exact) mass is 497 g/mol. The van der Waals surface area contributed by atoms with Crippen LogP contribution in [0.1, 0.15) is 6.42 Å². The van der Waals surface area contributed by atoms with Crippen LogP contribution < -0.4 is 15.0 Å². The summed E-state index contributed by atoms with van der Waals surface area (Å²) in [5, 5.41) is 12.9. The SMILES string of the molecule is Cn1cnc2cc(Oc3ccc(Nc4ncnc5cnc(N6CC[C@@H](C#N)C6)nc45)cc3Cl)ccc21. The average Bonchev–Trinajstić information content (AvgIpc) is 3.52. The minimum Gasteiger partial charge on any atom is -0.456 e. The summed E-state index contributed by atoms with van der Waals surface area (Å²) in [4.78, 5) is 24.2. The highest BCUT2D eigenvalue weighted by molar-refractivity contribution is 6.32. The van der Waals surface area contributed by atoms with Gasteiger partial charge in [0.05, 0.1) is 40.6 Å². The topological polar surface area (TPSA) is 118 Å². The molecule has 1 N–H and O–H groups in total. The number of nitrogens with one attached hydrogen (secondary N) is 1. The van der Waals surface area contributed by atoms with E-state index in [-0.39, 0.29) is 5.92 Å². The molecule has 0 aliphatic carbocycles. The Morgan fingerprint density at radius 1 is 1.11 bits per heavy atom. The van der Waals surface area contributed by atoms with Crippen molar-refractivity contribution in [3.63, 3.8) is 0 Å². The van der Waals surface area contributed by atoms with Crippen LogP contribution in [0.3, 0.4) is 0 Å². The van der Waals surface area contributed by atoms with E-state index in [1.54, 1.807) is 24.7 Å². The molecule has 6 rings (SSSR count). The number of imidazole rings is 1. The van der Waals surface area contributed by atoms with Crippen LogP contribution in [0.15, 0.2) is 55.2 Å². The molecule has 5 aromatic rings. The summed E-state index contributed by atoms with van der Waals surface area (Å²) in [5.74, 6) is 2.25. The molecule has 0 spiro atoms. The van der Waals surface area contributed by atoms with Crippen LogP contribution in [-0.4, -0.2) is 42.6 Å². The summed E-state index contributed by atoms with van der Waals surface area (Å²) < 4.78 is 7.96. The molecule has 10 nitrogen and oxygen atoms in total. The maximum absolute atomic E-state index is 9.21. The smallest absolute Gasteiger partial charge is 0.226 e. The van der Waals surface area contributed by atoms with Crippen LogP contribution in [0.5, 0.6) is 11.5 Å². The van der Waals surface area contributed by atoms with E-state index in [2.05, 4.69) is 31.3 Å². The van der Waals surface area contributed by atoms with Crippen LogP contribution >= 0.6 is 11.6 Å². The molecule has 1 aliphatic rings. The Balaban J connectivity index is 1.24. The molecule has 0 unspecified atom stereocenters. The number of nitrogens with zero attached hydrogens (tertiary/aromatic N) is 8. The molecule has 0 amide bonds. The number of ether oxygens (including phenoxy) is 1. The average molecular weight is 498 g/mol. The number of halogens is 1. The first-order valence-electron chi connectivity index (χ1n) is 11.4. The van der Waals surface area contributed by atoms with Crippen LogP contribution in [0.4, 0.5) is 17.5 Å². The summed E-state index contributed by atoms with van der Waals surface area (Å²) in [6.07, 6.45) is 5.70. The highest BCUT2D eigenvalue weighted by Gasteiger charge is 2.24. The molecule has 1 aliphatic heterocycles. The number of benzene rings is 2. The maximum atomic E-state index is 9.21. The molecular weight excluding hydrogens is 478 g/mol. The van der Waals surface area contributed by atoms with E-state index in [1.165, 1.54) is 6.33 Å². The number of rotatable bonds is 5. The van der Waals surface area contributed by atoms with Gasteiger partial charge in [0.15, 0.2) is 5.82 Å². The van der Waals surface area contributed by atoms with Gasteiger partial charge < -0.3 is 19.5 Å². The van der Waals surface area contributed by atoms with E-state index >= 15 is 0 Å². The Hall–Kier alpha value is -4.49. The first-order chi connectivity index (χ1) is 17.6. The summed E-state index contributed by atoms with van der Waals surface area (Å²) in [5.41, 5.74) is 3.79. The zero-order chi connectivity index (χ0) is 24.6. The highest BCUT2D eigenvalue weighted by atomic mass is 35.5. The van der Waals surface area contributed by atoms with Gasteiger partial charge in [-0.05, 0) is 36.8 Å². The molecular formula is C25H20ClN9O. The molecule has 11 heteroatoms. The van der Waals surface area contributed by atoms with Crippen molar-refractivity contribution >= 4 is 51.1 Å². The summed E-state index contributed by atoms with van der Waals surface area (Å²) in [7, 11) is 1.95. The number of fused-ring (bicyclic) bond motifs is 2. The number of aryl methyl sites for hydroxylation is 1. The Labute approximate surface area is 211 Å². The van der Waals surface area contributed by atoms with E-state index in [9.17, 15) is 5.26 Å². The van der Waals surface area contributed by atoms with Crippen molar-refractivity contribution in [2.75, 3.05) is 23.3 Å². The first-order valence-corrected chi connectivity index (χ1v) is 11.7. The zero-order valence-corrected chi connectivity index (χ0v) is 20.0. The summed E-state index contributed by atoms with van der Waals surface area (Å²) >= 11 is 6.55. The van der Waals surface area contributed by atoms with E-state index in [0.29, 0.717) is 45.9 Å². The minimum atomic E-state index is -0.0114. The maximum Gasteiger partial charge on any atom is 0.226 e. The van der Waals surface area contributed by atoms with Crippen LogP contribution in [0.25, 0.3) is 22.1 Å². The third-order valence-corrected chi connectivity index (χ3v) is 6.43. The molecule has 1 atom stereocenters. The van der Waals surface area contributed by atoms with Crippen molar-refractivity contribution < 1.29 is 4.74 Å². The van der Waals surface area contributed by atoms with Crippen molar-refractivity contribution in [2.24, 2.45) is 13.0 Å². The zero-order valence-electron chi connectivity index (χ0n) is 19.3. The number of hydrogen-bond acceptors (Lipinski definition) is 9. The van der Waals surface area contributed by atoms with Gasteiger partial charge in [0.2, 0.25) is 5.95 Å². The normalized spacial score (nSPS) is 15.4. The Bertz CT molecular complexity index is 1640.